The van der Waals surface area contributed by atoms with Gasteiger partial charge in [0.25, 0.3) is 0 Å². The summed E-state index contributed by atoms with van der Waals surface area (Å²) in [4.78, 5) is 3.93. The van der Waals surface area contributed by atoms with E-state index in [2.05, 4.69) is 46.0 Å². The third kappa shape index (κ3) is 11.0. The molecular formula is C16H29NO2S2. The second kappa shape index (κ2) is 10.5. The summed E-state index contributed by atoms with van der Waals surface area (Å²) in [5.41, 5.74) is -0.248. The van der Waals surface area contributed by atoms with Crippen LogP contribution < -0.4 is 0 Å². The lowest BCUT2D eigenvalue weighted by molar-refractivity contribution is -0.0586. The van der Waals surface area contributed by atoms with E-state index >= 15 is 0 Å². The van der Waals surface area contributed by atoms with Gasteiger partial charge in [-0.15, -0.1) is 0 Å². The maximum Gasteiger partial charge on any atom is 0.106 e. The summed E-state index contributed by atoms with van der Waals surface area (Å²) < 4.78 is 11.4. The molecule has 0 saturated heterocycles. The fourth-order valence-corrected chi connectivity index (χ4v) is 3.51. The molecule has 0 aromatic rings. The Morgan fingerprint density at radius 2 is 1.86 bits per heavy atom. The summed E-state index contributed by atoms with van der Waals surface area (Å²) in [5.74, 6) is 0.995. The molecule has 0 bridgehead atoms. The highest BCUT2D eigenvalue weighted by atomic mass is 33.1. The highest BCUT2D eigenvalue weighted by Crippen LogP contribution is 2.33. The minimum Gasteiger partial charge on any atom is -0.379 e. The molecule has 3 nitrogen and oxygen atoms in total. The Morgan fingerprint density at radius 3 is 2.38 bits per heavy atom. The van der Waals surface area contributed by atoms with E-state index < -0.39 is 0 Å². The summed E-state index contributed by atoms with van der Waals surface area (Å²) in [6, 6.07) is 0. The Balaban J connectivity index is 3.95. The van der Waals surface area contributed by atoms with Crippen molar-refractivity contribution in [3.8, 4) is 0 Å². The third-order valence-corrected chi connectivity index (χ3v) is 5.39. The van der Waals surface area contributed by atoms with Gasteiger partial charge in [-0.1, -0.05) is 23.4 Å². The molecular weight excluding hydrogens is 302 g/mol. The Labute approximate surface area is 138 Å². The molecule has 0 rings (SSSR count). The van der Waals surface area contributed by atoms with Gasteiger partial charge >= 0.3 is 0 Å². The second-order valence-corrected chi connectivity index (χ2v) is 8.31. The molecule has 0 aromatic heterocycles. The van der Waals surface area contributed by atoms with Crippen LogP contribution in [0, 0.1) is 0 Å². The zero-order chi connectivity index (χ0) is 16.4. The molecule has 0 N–H and O–H groups in total. The van der Waals surface area contributed by atoms with Gasteiger partial charge in [0.05, 0.1) is 17.8 Å². The Kier molecular flexibility index (Phi) is 10.4. The topological polar surface area (TPSA) is 30.8 Å². The molecule has 21 heavy (non-hydrogen) atoms. The van der Waals surface area contributed by atoms with Crippen LogP contribution in [0.5, 0.6) is 0 Å². The zero-order valence-electron chi connectivity index (χ0n) is 14.0. The van der Waals surface area contributed by atoms with E-state index in [1.807, 2.05) is 6.08 Å². The van der Waals surface area contributed by atoms with Crippen molar-refractivity contribution in [2.24, 2.45) is 4.99 Å². The summed E-state index contributed by atoms with van der Waals surface area (Å²) in [6.07, 6.45) is 5.46. The normalized spacial score (nSPS) is 13.3. The molecule has 0 fully saturated rings. The molecule has 0 aromatic carbocycles. The molecule has 0 saturated carbocycles. The first kappa shape index (κ1) is 20.8. The van der Waals surface area contributed by atoms with Gasteiger partial charge in [-0.3, -0.25) is 4.99 Å². The van der Waals surface area contributed by atoms with Gasteiger partial charge < -0.3 is 9.47 Å². The van der Waals surface area contributed by atoms with Crippen molar-refractivity contribution in [2.75, 3.05) is 19.5 Å². The smallest absolute Gasteiger partial charge is 0.106 e. The molecule has 0 aliphatic carbocycles. The van der Waals surface area contributed by atoms with Crippen LogP contribution in [0.1, 0.15) is 40.5 Å². The molecule has 0 heterocycles. The fourth-order valence-electron chi connectivity index (χ4n) is 1.34. The van der Waals surface area contributed by atoms with Crippen LogP contribution in [0.4, 0.5) is 0 Å². The maximum absolute atomic E-state index is 5.98. The van der Waals surface area contributed by atoms with Crippen molar-refractivity contribution in [1.29, 1.82) is 0 Å². The first-order valence-corrected chi connectivity index (χ1v) is 9.36. The van der Waals surface area contributed by atoms with E-state index in [9.17, 15) is 0 Å². The first-order valence-electron chi connectivity index (χ1n) is 7.04. The summed E-state index contributed by atoms with van der Waals surface area (Å²) in [6.45, 7) is 16.3. The number of aliphatic imine (C=N–C) groups is 1. The summed E-state index contributed by atoms with van der Waals surface area (Å²) >= 11 is 0. The summed E-state index contributed by atoms with van der Waals surface area (Å²) in [7, 11) is 5.12. The van der Waals surface area contributed by atoms with Crippen molar-refractivity contribution in [2.45, 2.75) is 51.7 Å². The average molecular weight is 332 g/mol. The predicted octanol–water partition coefficient (Wildman–Crippen LogP) is 5.10. The number of ether oxygens (including phenoxy) is 2. The van der Waals surface area contributed by atoms with Crippen LogP contribution >= 0.6 is 21.6 Å². The third-order valence-electron chi connectivity index (χ3n) is 3.10. The summed E-state index contributed by atoms with van der Waals surface area (Å²) in [5, 5.41) is 0.885. The molecule has 0 aliphatic heterocycles. The maximum atomic E-state index is 5.98. The number of hydrogen-bond donors (Lipinski definition) is 0. The monoisotopic (exact) mass is 331 g/mol. The van der Waals surface area contributed by atoms with Gasteiger partial charge in [0.2, 0.25) is 0 Å². The zero-order valence-corrected chi connectivity index (χ0v) is 15.6. The molecule has 0 aliphatic rings. The van der Waals surface area contributed by atoms with Crippen molar-refractivity contribution in [3.05, 3.63) is 23.8 Å². The van der Waals surface area contributed by atoms with E-state index in [0.717, 1.165) is 23.6 Å². The standard InChI is InChI=1S/C16H29NO2S2/c1-8-9-14(17-6)21-20-13-11-16(4,5)19-12-10-15(2,3)18-7/h8-9H,1,6,10-13H2,2-5,7H3/b14-9+. The molecule has 0 spiro atoms. The van der Waals surface area contributed by atoms with Crippen molar-refractivity contribution in [1.82, 2.24) is 0 Å². The van der Waals surface area contributed by atoms with Crippen LogP contribution in [0.15, 0.2) is 28.8 Å². The van der Waals surface area contributed by atoms with Crippen molar-refractivity contribution >= 4 is 28.3 Å². The second-order valence-electron chi connectivity index (χ2n) is 5.88. The SMILES string of the molecule is C=C/C=C(\N=C)SSCCC(C)(C)OCCC(C)(C)OC. The van der Waals surface area contributed by atoms with Crippen LogP contribution in [0.2, 0.25) is 0 Å². The highest BCUT2D eigenvalue weighted by Gasteiger charge is 2.21. The number of rotatable bonds is 12. The Morgan fingerprint density at radius 1 is 1.19 bits per heavy atom. The Bertz CT molecular complexity index is 352. The van der Waals surface area contributed by atoms with Gasteiger partial charge in [-0.25, -0.2) is 0 Å². The number of allylic oxidation sites excluding steroid dienone is 2. The predicted molar refractivity (Wildman–Crippen MR) is 98.2 cm³/mol. The van der Waals surface area contributed by atoms with Crippen molar-refractivity contribution in [3.63, 3.8) is 0 Å². The van der Waals surface area contributed by atoms with E-state index in [-0.39, 0.29) is 11.2 Å². The number of methoxy groups -OCH3 is 1. The lowest BCUT2D eigenvalue weighted by Gasteiger charge is -2.28. The van der Waals surface area contributed by atoms with E-state index in [1.54, 1.807) is 34.8 Å². The largest absolute Gasteiger partial charge is 0.379 e. The van der Waals surface area contributed by atoms with Crippen molar-refractivity contribution < 1.29 is 9.47 Å². The van der Waals surface area contributed by atoms with Gasteiger partial charge in [0, 0.05) is 12.9 Å². The molecule has 0 unspecified atom stereocenters. The lowest BCUT2D eigenvalue weighted by atomic mass is 10.0. The van der Waals surface area contributed by atoms with E-state index in [4.69, 9.17) is 9.47 Å². The molecule has 0 radical (unpaired) electrons. The first-order chi connectivity index (χ1) is 9.76. The highest BCUT2D eigenvalue weighted by molar-refractivity contribution is 8.78. The van der Waals surface area contributed by atoms with Gasteiger partial charge in [0.1, 0.15) is 5.03 Å². The van der Waals surface area contributed by atoms with E-state index in [1.165, 1.54) is 0 Å². The number of hydrogen-bond acceptors (Lipinski definition) is 5. The van der Waals surface area contributed by atoms with E-state index in [0.29, 0.717) is 6.61 Å². The molecule has 0 amide bonds. The quantitative estimate of drug-likeness (QED) is 0.215. The Hall–Kier alpha value is -0.230. The van der Waals surface area contributed by atoms with Crippen LogP contribution in [0.3, 0.4) is 0 Å². The molecule has 122 valence electrons. The minimum absolute atomic E-state index is 0.124. The van der Waals surface area contributed by atoms with Gasteiger partial charge in [0.15, 0.2) is 0 Å². The fraction of sp³-hybridized carbons (Fsp3) is 0.688. The van der Waals surface area contributed by atoms with Gasteiger partial charge in [-0.05, 0) is 64.1 Å². The van der Waals surface area contributed by atoms with Crippen LogP contribution in [-0.2, 0) is 9.47 Å². The molecule has 5 heteroatoms. The van der Waals surface area contributed by atoms with Gasteiger partial charge in [-0.2, -0.15) is 0 Å². The van der Waals surface area contributed by atoms with Crippen LogP contribution in [-0.4, -0.2) is 37.4 Å². The molecule has 0 atom stereocenters. The average Bonchev–Trinajstić information content (AvgIpc) is 2.41. The number of nitrogens with zero attached hydrogens (tertiary/aromatic N) is 1. The lowest BCUT2D eigenvalue weighted by Crippen LogP contribution is -2.30. The minimum atomic E-state index is -0.124. The van der Waals surface area contributed by atoms with Crippen LogP contribution in [0.25, 0.3) is 0 Å².